The lowest BCUT2D eigenvalue weighted by molar-refractivity contribution is 0.175. The minimum absolute atomic E-state index is 0.492. The topological polar surface area (TPSA) is 52.0 Å². The average molecular weight is 321 g/mol. The Kier molecular flexibility index (Phi) is 6.48. The molecule has 4 nitrogen and oxygen atoms in total. The van der Waals surface area contributed by atoms with Gasteiger partial charge in [-0.15, -0.1) is 0 Å². The highest BCUT2D eigenvalue weighted by Crippen LogP contribution is 2.25. The molecule has 0 unspecified atom stereocenters. The van der Waals surface area contributed by atoms with E-state index in [1.165, 1.54) is 38.8 Å². The predicted octanol–water partition coefficient (Wildman–Crippen LogP) is 3.92. The van der Waals surface area contributed by atoms with E-state index in [0.717, 1.165) is 6.54 Å². The summed E-state index contributed by atoms with van der Waals surface area (Å²) in [5, 5.41) is 12.8. The van der Waals surface area contributed by atoms with Crippen molar-refractivity contribution in [2.45, 2.75) is 45.6 Å². The molecule has 2 heterocycles. The first-order valence-corrected chi connectivity index (χ1v) is 8.60. The molecule has 0 aliphatic carbocycles. The molecule has 0 amide bonds. The molecule has 1 fully saturated rings. The smallest absolute Gasteiger partial charge is 0.144 e. The molecule has 0 spiro atoms. The van der Waals surface area contributed by atoms with Crippen LogP contribution in [0.1, 0.15) is 45.1 Å². The normalized spacial score (nSPS) is 16.7. The van der Waals surface area contributed by atoms with Crippen molar-refractivity contribution in [1.29, 1.82) is 5.26 Å². The van der Waals surface area contributed by atoms with Gasteiger partial charge in [0.1, 0.15) is 11.9 Å². The summed E-state index contributed by atoms with van der Waals surface area (Å²) in [6.45, 7) is 7.77. The fraction of sp³-hybridized carbons (Fsp3) is 0.647. The second kappa shape index (κ2) is 8.36. The Bertz CT molecular complexity index is 514. The van der Waals surface area contributed by atoms with Crippen LogP contribution in [0.5, 0.6) is 0 Å². The number of nitrogens with one attached hydrogen (secondary N) is 1. The van der Waals surface area contributed by atoms with Gasteiger partial charge in [-0.1, -0.05) is 38.3 Å². The molecule has 0 bridgehead atoms. The van der Waals surface area contributed by atoms with Crippen molar-refractivity contribution in [3.05, 3.63) is 22.8 Å². The standard InChI is InChI=1S/C17H25ClN4/c1-3-14(4-2)16(22-7-5-6-8-22)12-21-17-15(18)9-13(10-19)11-20-17/h9,11,14,16H,3-8,12H2,1-2H3,(H,20,21)/t16-/m1/s1. The fourth-order valence-electron chi connectivity index (χ4n) is 3.33. The number of nitriles is 1. The van der Waals surface area contributed by atoms with E-state index in [1.54, 1.807) is 12.3 Å². The fourth-order valence-corrected chi connectivity index (χ4v) is 3.56. The third-order valence-corrected chi connectivity index (χ3v) is 4.94. The van der Waals surface area contributed by atoms with Gasteiger partial charge in [0.2, 0.25) is 0 Å². The summed E-state index contributed by atoms with van der Waals surface area (Å²) in [7, 11) is 0. The summed E-state index contributed by atoms with van der Waals surface area (Å²) < 4.78 is 0. The van der Waals surface area contributed by atoms with Crippen molar-refractivity contribution in [3.8, 4) is 6.07 Å². The number of rotatable bonds is 7. The minimum atomic E-state index is 0.492. The van der Waals surface area contributed by atoms with Gasteiger partial charge < -0.3 is 5.32 Å². The van der Waals surface area contributed by atoms with Crippen LogP contribution < -0.4 is 5.32 Å². The van der Waals surface area contributed by atoms with Crippen LogP contribution in [0.3, 0.4) is 0 Å². The highest BCUT2D eigenvalue weighted by molar-refractivity contribution is 6.33. The summed E-state index contributed by atoms with van der Waals surface area (Å²) in [6.07, 6.45) is 6.54. The van der Waals surface area contributed by atoms with Gasteiger partial charge in [0.05, 0.1) is 10.6 Å². The number of nitrogens with zero attached hydrogens (tertiary/aromatic N) is 3. The summed E-state index contributed by atoms with van der Waals surface area (Å²) in [5.41, 5.74) is 0.492. The van der Waals surface area contributed by atoms with Crippen LogP contribution in [0.25, 0.3) is 0 Å². The Morgan fingerprint density at radius 1 is 1.36 bits per heavy atom. The maximum atomic E-state index is 8.88. The Balaban J connectivity index is 2.05. The zero-order valence-corrected chi connectivity index (χ0v) is 14.2. The van der Waals surface area contributed by atoms with Crippen LogP contribution in [0, 0.1) is 17.2 Å². The number of hydrogen-bond donors (Lipinski definition) is 1. The molecule has 22 heavy (non-hydrogen) atoms. The van der Waals surface area contributed by atoms with E-state index in [-0.39, 0.29) is 0 Å². The van der Waals surface area contributed by atoms with E-state index in [2.05, 4.69) is 35.1 Å². The van der Waals surface area contributed by atoms with Crippen molar-refractivity contribution in [3.63, 3.8) is 0 Å². The van der Waals surface area contributed by atoms with Gasteiger partial charge in [0, 0.05) is 18.8 Å². The lowest BCUT2D eigenvalue weighted by Crippen LogP contribution is -2.43. The van der Waals surface area contributed by atoms with E-state index >= 15 is 0 Å². The third-order valence-electron chi connectivity index (χ3n) is 4.65. The van der Waals surface area contributed by atoms with Gasteiger partial charge in [-0.05, 0) is 37.9 Å². The zero-order chi connectivity index (χ0) is 15.9. The average Bonchev–Trinajstić information content (AvgIpc) is 3.06. The molecule has 120 valence electrons. The molecule has 2 rings (SSSR count). The highest BCUT2D eigenvalue weighted by atomic mass is 35.5. The molecular formula is C17H25ClN4. The molecule has 1 aliphatic rings. The highest BCUT2D eigenvalue weighted by Gasteiger charge is 2.27. The van der Waals surface area contributed by atoms with Gasteiger partial charge in [-0.3, -0.25) is 4.90 Å². The first kappa shape index (κ1) is 17.1. The molecule has 1 saturated heterocycles. The van der Waals surface area contributed by atoms with Gasteiger partial charge in [0.15, 0.2) is 0 Å². The molecule has 1 aliphatic heterocycles. The van der Waals surface area contributed by atoms with Gasteiger partial charge in [-0.2, -0.15) is 5.26 Å². The van der Waals surface area contributed by atoms with E-state index in [0.29, 0.717) is 28.4 Å². The summed E-state index contributed by atoms with van der Waals surface area (Å²) in [5.74, 6) is 1.36. The molecule has 1 aromatic heterocycles. The van der Waals surface area contributed by atoms with Gasteiger partial charge in [0.25, 0.3) is 0 Å². The molecule has 0 saturated carbocycles. The van der Waals surface area contributed by atoms with Crippen LogP contribution in [0.2, 0.25) is 5.02 Å². The second-order valence-corrected chi connectivity index (χ2v) is 6.34. The molecule has 0 radical (unpaired) electrons. The number of hydrogen-bond acceptors (Lipinski definition) is 4. The monoisotopic (exact) mass is 320 g/mol. The van der Waals surface area contributed by atoms with E-state index in [4.69, 9.17) is 16.9 Å². The van der Waals surface area contributed by atoms with Crippen molar-refractivity contribution in [2.24, 2.45) is 5.92 Å². The van der Waals surface area contributed by atoms with E-state index in [9.17, 15) is 0 Å². The number of aromatic nitrogens is 1. The molecule has 0 aromatic carbocycles. The minimum Gasteiger partial charge on any atom is -0.367 e. The van der Waals surface area contributed by atoms with Crippen LogP contribution >= 0.6 is 11.6 Å². The summed E-state index contributed by atoms with van der Waals surface area (Å²) in [6, 6.07) is 4.24. The molecular weight excluding hydrogens is 296 g/mol. The Morgan fingerprint density at radius 3 is 2.59 bits per heavy atom. The number of anilines is 1. The molecule has 5 heteroatoms. The van der Waals surface area contributed by atoms with Gasteiger partial charge >= 0.3 is 0 Å². The molecule has 1 N–H and O–H groups in total. The summed E-state index contributed by atoms with van der Waals surface area (Å²) in [4.78, 5) is 6.87. The van der Waals surface area contributed by atoms with Crippen molar-refractivity contribution < 1.29 is 0 Å². The second-order valence-electron chi connectivity index (χ2n) is 5.93. The van der Waals surface area contributed by atoms with E-state index < -0.39 is 0 Å². The Hall–Kier alpha value is -1.31. The summed E-state index contributed by atoms with van der Waals surface area (Å²) >= 11 is 6.21. The lowest BCUT2D eigenvalue weighted by atomic mass is 9.93. The predicted molar refractivity (Wildman–Crippen MR) is 91.1 cm³/mol. The first-order chi connectivity index (χ1) is 10.7. The maximum absolute atomic E-state index is 8.88. The van der Waals surface area contributed by atoms with Crippen LogP contribution in [0.4, 0.5) is 5.82 Å². The number of pyridine rings is 1. The van der Waals surface area contributed by atoms with Crippen LogP contribution in [0.15, 0.2) is 12.3 Å². The van der Waals surface area contributed by atoms with Crippen molar-refractivity contribution in [1.82, 2.24) is 9.88 Å². The molecule has 1 atom stereocenters. The SMILES string of the molecule is CCC(CC)[C@@H](CNc1ncc(C#N)cc1Cl)N1CCCC1. The Morgan fingerprint density at radius 2 is 2.05 bits per heavy atom. The zero-order valence-electron chi connectivity index (χ0n) is 13.5. The quantitative estimate of drug-likeness (QED) is 0.827. The van der Waals surface area contributed by atoms with Crippen molar-refractivity contribution >= 4 is 17.4 Å². The Labute approximate surface area is 138 Å². The van der Waals surface area contributed by atoms with Crippen molar-refractivity contribution in [2.75, 3.05) is 25.0 Å². The lowest BCUT2D eigenvalue weighted by Gasteiger charge is -2.34. The van der Waals surface area contributed by atoms with E-state index in [1.807, 2.05) is 0 Å². The van der Waals surface area contributed by atoms with Gasteiger partial charge in [-0.25, -0.2) is 4.98 Å². The number of halogens is 1. The maximum Gasteiger partial charge on any atom is 0.144 e. The van der Waals surface area contributed by atoms with Crippen LogP contribution in [-0.4, -0.2) is 35.6 Å². The first-order valence-electron chi connectivity index (χ1n) is 8.23. The largest absolute Gasteiger partial charge is 0.367 e. The van der Waals surface area contributed by atoms with Crippen LogP contribution in [-0.2, 0) is 0 Å². The molecule has 1 aromatic rings. The number of likely N-dealkylation sites (tertiary alicyclic amines) is 1. The third kappa shape index (κ3) is 4.12.